The van der Waals surface area contributed by atoms with Crippen molar-refractivity contribution >= 4 is 15.9 Å². The summed E-state index contributed by atoms with van der Waals surface area (Å²) in [7, 11) is 1.69. The smallest absolute Gasteiger partial charge is 0.162 e. The maximum atomic E-state index is 5.74. The molecule has 4 heteroatoms. The molecule has 0 saturated heterocycles. The lowest BCUT2D eigenvalue weighted by atomic mass is 9.97. The maximum Gasteiger partial charge on any atom is 0.162 e. The lowest BCUT2D eigenvalue weighted by Gasteiger charge is -2.15. The van der Waals surface area contributed by atoms with Gasteiger partial charge in [-0.1, -0.05) is 34.5 Å². The summed E-state index contributed by atoms with van der Waals surface area (Å²) < 4.78 is 12.3. The van der Waals surface area contributed by atoms with E-state index in [0.29, 0.717) is 6.61 Å². The van der Waals surface area contributed by atoms with Gasteiger partial charge in [-0.05, 0) is 62.8 Å². The Morgan fingerprint density at radius 1 is 1.22 bits per heavy atom. The van der Waals surface area contributed by atoms with E-state index in [4.69, 9.17) is 9.47 Å². The van der Waals surface area contributed by atoms with Gasteiger partial charge in [0.15, 0.2) is 11.5 Å². The van der Waals surface area contributed by atoms with Crippen LogP contribution in [-0.4, -0.2) is 20.3 Å². The number of hydrogen-bond acceptors (Lipinski definition) is 3. The Morgan fingerprint density at radius 3 is 2.78 bits per heavy atom. The number of rotatable bonds is 9. The molecule has 0 aromatic heterocycles. The molecule has 0 heterocycles. The van der Waals surface area contributed by atoms with Gasteiger partial charge in [-0.25, -0.2) is 0 Å². The Kier molecular flexibility index (Phi) is 7.96. The molecule has 23 heavy (non-hydrogen) atoms. The molecule has 0 amide bonds. The maximum absolute atomic E-state index is 5.74. The van der Waals surface area contributed by atoms with Crippen molar-refractivity contribution in [2.75, 3.05) is 20.3 Å². The SMILES string of the molecule is CCCOc1cc(Br)c(CNCCC2=CCCCC2)cc1OC. The number of nitrogens with one attached hydrogen (secondary N) is 1. The quantitative estimate of drug-likeness (QED) is 0.469. The van der Waals surface area contributed by atoms with Crippen LogP contribution >= 0.6 is 15.9 Å². The molecule has 0 saturated carbocycles. The van der Waals surface area contributed by atoms with Crippen LogP contribution in [0.25, 0.3) is 0 Å². The average Bonchev–Trinajstić information content (AvgIpc) is 2.59. The van der Waals surface area contributed by atoms with E-state index in [1.54, 1.807) is 12.7 Å². The highest BCUT2D eigenvalue weighted by atomic mass is 79.9. The normalized spacial score (nSPS) is 14.5. The molecular formula is C19H28BrNO2. The van der Waals surface area contributed by atoms with Gasteiger partial charge in [0.25, 0.3) is 0 Å². The number of ether oxygens (including phenoxy) is 2. The summed E-state index contributed by atoms with van der Waals surface area (Å²) in [6.45, 7) is 4.66. The third kappa shape index (κ3) is 5.85. The van der Waals surface area contributed by atoms with Crippen LogP contribution in [0, 0.1) is 0 Å². The zero-order valence-electron chi connectivity index (χ0n) is 14.3. The van der Waals surface area contributed by atoms with E-state index >= 15 is 0 Å². The second-order valence-corrected chi connectivity index (χ2v) is 6.83. The Bertz CT molecular complexity index is 528. The van der Waals surface area contributed by atoms with Gasteiger partial charge < -0.3 is 14.8 Å². The second kappa shape index (κ2) is 9.99. The molecule has 1 aliphatic rings. The van der Waals surface area contributed by atoms with Crippen LogP contribution in [0.15, 0.2) is 28.3 Å². The largest absolute Gasteiger partial charge is 0.493 e. The first-order valence-corrected chi connectivity index (χ1v) is 9.41. The van der Waals surface area contributed by atoms with Crippen LogP contribution in [-0.2, 0) is 6.54 Å². The predicted molar refractivity (Wildman–Crippen MR) is 99.4 cm³/mol. The minimum Gasteiger partial charge on any atom is -0.493 e. The van der Waals surface area contributed by atoms with Crippen molar-refractivity contribution in [3.05, 3.63) is 33.8 Å². The molecule has 1 aromatic carbocycles. The van der Waals surface area contributed by atoms with Crippen molar-refractivity contribution in [3.8, 4) is 11.5 Å². The molecule has 0 fully saturated rings. The first-order chi connectivity index (χ1) is 11.2. The summed E-state index contributed by atoms with van der Waals surface area (Å²) in [5, 5.41) is 3.54. The fourth-order valence-electron chi connectivity index (χ4n) is 2.80. The molecule has 0 spiro atoms. The zero-order valence-corrected chi connectivity index (χ0v) is 15.9. The minimum atomic E-state index is 0.704. The second-order valence-electron chi connectivity index (χ2n) is 5.98. The van der Waals surface area contributed by atoms with Crippen LogP contribution in [0.1, 0.15) is 51.0 Å². The summed E-state index contributed by atoms with van der Waals surface area (Å²) in [6, 6.07) is 4.07. The van der Waals surface area contributed by atoms with Gasteiger partial charge in [0, 0.05) is 11.0 Å². The van der Waals surface area contributed by atoms with E-state index in [-0.39, 0.29) is 0 Å². The summed E-state index contributed by atoms with van der Waals surface area (Å²) >= 11 is 3.64. The topological polar surface area (TPSA) is 30.5 Å². The van der Waals surface area contributed by atoms with Gasteiger partial charge in [0.05, 0.1) is 13.7 Å². The van der Waals surface area contributed by atoms with Crippen LogP contribution < -0.4 is 14.8 Å². The number of allylic oxidation sites excluding steroid dienone is 1. The Balaban J connectivity index is 1.87. The van der Waals surface area contributed by atoms with Crippen molar-refractivity contribution in [2.24, 2.45) is 0 Å². The summed E-state index contributed by atoms with van der Waals surface area (Å²) in [4.78, 5) is 0. The Hall–Kier alpha value is -1.00. The highest BCUT2D eigenvalue weighted by Crippen LogP contribution is 2.33. The van der Waals surface area contributed by atoms with Crippen molar-refractivity contribution < 1.29 is 9.47 Å². The molecule has 0 radical (unpaired) electrons. The summed E-state index contributed by atoms with van der Waals surface area (Å²) in [5.41, 5.74) is 2.81. The standard InChI is InChI=1S/C19H28BrNO2/c1-3-11-23-19-13-17(20)16(12-18(19)22-2)14-21-10-9-15-7-5-4-6-8-15/h7,12-13,21H,3-6,8-11,14H2,1-2H3. The van der Waals surface area contributed by atoms with Crippen molar-refractivity contribution in [1.82, 2.24) is 5.32 Å². The number of methoxy groups -OCH3 is 1. The molecule has 3 nitrogen and oxygen atoms in total. The van der Waals surface area contributed by atoms with Crippen LogP contribution in [0.3, 0.4) is 0 Å². The van der Waals surface area contributed by atoms with Gasteiger partial charge in [-0.15, -0.1) is 0 Å². The zero-order chi connectivity index (χ0) is 16.5. The van der Waals surface area contributed by atoms with Crippen molar-refractivity contribution in [1.29, 1.82) is 0 Å². The molecule has 1 N–H and O–H groups in total. The van der Waals surface area contributed by atoms with Gasteiger partial charge in [-0.2, -0.15) is 0 Å². The van der Waals surface area contributed by atoms with Gasteiger partial charge in [-0.3, -0.25) is 0 Å². The van der Waals surface area contributed by atoms with E-state index in [2.05, 4.69) is 40.3 Å². The van der Waals surface area contributed by atoms with E-state index in [1.807, 2.05) is 6.07 Å². The van der Waals surface area contributed by atoms with E-state index in [1.165, 1.54) is 31.2 Å². The van der Waals surface area contributed by atoms with Crippen LogP contribution in [0.5, 0.6) is 11.5 Å². The van der Waals surface area contributed by atoms with Crippen molar-refractivity contribution in [2.45, 2.75) is 52.0 Å². The Labute approximate surface area is 148 Å². The lowest BCUT2D eigenvalue weighted by Crippen LogP contribution is -2.16. The monoisotopic (exact) mass is 381 g/mol. The minimum absolute atomic E-state index is 0.704. The van der Waals surface area contributed by atoms with Crippen LogP contribution in [0.4, 0.5) is 0 Å². The van der Waals surface area contributed by atoms with Crippen molar-refractivity contribution in [3.63, 3.8) is 0 Å². The molecule has 2 rings (SSSR count). The highest BCUT2D eigenvalue weighted by molar-refractivity contribution is 9.10. The van der Waals surface area contributed by atoms with Gasteiger partial charge in [0.2, 0.25) is 0 Å². The molecule has 0 bridgehead atoms. The first-order valence-electron chi connectivity index (χ1n) is 8.62. The fraction of sp³-hybridized carbons (Fsp3) is 0.579. The number of hydrogen-bond donors (Lipinski definition) is 1. The highest BCUT2D eigenvalue weighted by Gasteiger charge is 2.10. The third-order valence-corrected chi connectivity index (χ3v) is 4.86. The first kappa shape index (κ1) is 18.3. The fourth-order valence-corrected chi connectivity index (χ4v) is 3.26. The third-order valence-electron chi connectivity index (χ3n) is 4.12. The predicted octanol–water partition coefficient (Wildman–Crippen LogP) is 5.23. The number of halogens is 1. The Morgan fingerprint density at radius 2 is 2.09 bits per heavy atom. The molecule has 0 atom stereocenters. The van der Waals surface area contributed by atoms with E-state index < -0.39 is 0 Å². The lowest BCUT2D eigenvalue weighted by molar-refractivity contribution is 0.294. The van der Waals surface area contributed by atoms with Crippen LogP contribution in [0.2, 0.25) is 0 Å². The molecule has 128 valence electrons. The van der Waals surface area contributed by atoms with E-state index in [9.17, 15) is 0 Å². The summed E-state index contributed by atoms with van der Waals surface area (Å²) in [6.07, 6.45) is 9.82. The number of benzene rings is 1. The molecular weight excluding hydrogens is 354 g/mol. The van der Waals surface area contributed by atoms with Gasteiger partial charge >= 0.3 is 0 Å². The molecule has 1 aliphatic carbocycles. The molecule has 0 aliphatic heterocycles. The van der Waals surface area contributed by atoms with E-state index in [0.717, 1.165) is 41.9 Å². The molecule has 1 aromatic rings. The molecule has 0 unspecified atom stereocenters. The summed E-state index contributed by atoms with van der Waals surface area (Å²) in [5.74, 6) is 1.60. The van der Waals surface area contributed by atoms with Gasteiger partial charge in [0.1, 0.15) is 0 Å². The average molecular weight is 382 g/mol.